The summed E-state index contributed by atoms with van der Waals surface area (Å²) in [7, 11) is 0. The van der Waals surface area contributed by atoms with E-state index in [-0.39, 0.29) is 16.1 Å². The minimum absolute atomic E-state index is 0.00255. The third-order valence-corrected chi connectivity index (χ3v) is 1.75. The fourth-order valence-corrected chi connectivity index (χ4v) is 1.29. The summed E-state index contributed by atoms with van der Waals surface area (Å²) in [5.74, 6) is 0. The predicted octanol–water partition coefficient (Wildman–Crippen LogP) is 0.953. The maximum Gasteiger partial charge on any atom is 0.325 e. The van der Waals surface area contributed by atoms with Gasteiger partial charge in [0.1, 0.15) is 5.52 Å². The van der Waals surface area contributed by atoms with E-state index in [1.807, 2.05) is 0 Å². The van der Waals surface area contributed by atoms with Gasteiger partial charge < -0.3 is 4.98 Å². The number of rotatable bonds is 0. The lowest BCUT2D eigenvalue weighted by Gasteiger charge is -1.91. The average Bonchev–Trinajstić information content (AvgIpc) is 2.29. The molecule has 0 spiro atoms. The van der Waals surface area contributed by atoms with Crippen LogP contribution in [0.3, 0.4) is 0 Å². The molecule has 0 aliphatic carbocycles. The third-order valence-electron chi connectivity index (χ3n) is 1.31. The maximum absolute atomic E-state index is 10.8. The summed E-state index contributed by atoms with van der Waals surface area (Å²) >= 11 is 11.1. The molecule has 5 nitrogen and oxygen atoms in total. The number of H-pyrrole nitrogens is 2. The van der Waals surface area contributed by atoms with E-state index in [4.69, 9.17) is 23.2 Å². The number of halogens is 2. The number of fused-ring (bicyclic) bond motifs is 1. The van der Waals surface area contributed by atoms with Crippen LogP contribution in [0.15, 0.2) is 4.79 Å². The Balaban J connectivity index is 2.97. The van der Waals surface area contributed by atoms with Gasteiger partial charge in [-0.15, -0.1) is 0 Å². The summed E-state index contributed by atoms with van der Waals surface area (Å²) in [6, 6.07) is 0. The summed E-state index contributed by atoms with van der Waals surface area (Å²) in [5, 5.41) is 0.131. The van der Waals surface area contributed by atoms with Crippen LogP contribution < -0.4 is 5.69 Å². The minimum Gasteiger partial charge on any atom is -0.302 e. The molecule has 0 fully saturated rings. The molecule has 0 saturated carbocycles. The Bertz CT molecular complexity index is 488. The van der Waals surface area contributed by atoms with E-state index < -0.39 is 0 Å². The van der Waals surface area contributed by atoms with E-state index in [2.05, 4.69) is 19.9 Å². The van der Waals surface area contributed by atoms with Gasteiger partial charge in [-0.2, -0.15) is 4.98 Å². The van der Waals surface area contributed by atoms with Crippen LogP contribution in [0.5, 0.6) is 0 Å². The van der Waals surface area contributed by atoms with Crippen LogP contribution in [0.4, 0.5) is 0 Å². The Hall–Kier alpha value is -1.07. The van der Waals surface area contributed by atoms with Crippen LogP contribution in [0.2, 0.25) is 10.4 Å². The van der Waals surface area contributed by atoms with Crippen LogP contribution in [-0.4, -0.2) is 19.9 Å². The van der Waals surface area contributed by atoms with Gasteiger partial charge in [-0.1, -0.05) is 11.6 Å². The first-order valence-corrected chi connectivity index (χ1v) is 3.73. The molecule has 12 heavy (non-hydrogen) atoms. The van der Waals surface area contributed by atoms with Crippen LogP contribution >= 0.6 is 23.2 Å². The molecule has 2 heterocycles. The van der Waals surface area contributed by atoms with Crippen molar-refractivity contribution in [3.63, 3.8) is 0 Å². The molecule has 0 aliphatic heterocycles. The number of aromatic amines is 2. The molecule has 2 aromatic heterocycles. The van der Waals surface area contributed by atoms with Crippen molar-refractivity contribution in [2.24, 2.45) is 0 Å². The molecule has 0 atom stereocenters. The van der Waals surface area contributed by atoms with E-state index in [1.165, 1.54) is 0 Å². The van der Waals surface area contributed by atoms with Gasteiger partial charge in [0.25, 0.3) is 0 Å². The van der Waals surface area contributed by atoms with Gasteiger partial charge in [0.2, 0.25) is 5.28 Å². The molecule has 0 aliphatic rings. The summed E-state index contributed by atoms with van der Waals surface area (Å²) < 4.78 is 0. The van der Waals surface area contributed by atoms with E-state index in [1.54, 1.807) is 0 Å². The number of hydrogen-bond donors (Lipinski definition) is 2. The van der Waals surface area contributed by atoms with E-state index >= 15 is 0 Å². The van der Waals surface area contributed by atoms with Crippen molar-refractivity contribution >= 4 is 34.4 Å². The predicted molar refractivity (Wildman–Crippen MR) is 44.5 cm³/mol. The zero-order chi connectivity index (χ0) is 8.72. The topological polar surface area (TPSA) is 74.4 Å². The van der Waals surface area contributed by atoms with Crippen molar-refractivity contribution in [3.05, 3.63) is 20.9 Å². The van der Waals surface area contributed by atoms with Crippen molar-refractivity contribution in [1.29, 1.82) is 0 Å². The number of nitrogens with zero attached hydrogens (tertiary/aromatic N) is 2. The normalized spacial score (nSPS) is 10.8. The molecule has 0 bridgehead atoms. The first kappa shape index (κ1) is 7.57. The number of nitrogens with one attached hydrogen (secondary N) is 2. The van der Waals surface area contributed by atoms with Gasteiger partial charge in [-0.05, 0) is 11.6 Å². The summed E-state index contributed by atoms with van der Waals surface area (Å²) in [6.07, 6.45) is 0. The molecular weight excluding hydrogens is 203 g/mol. The Morgan fingerprint density at radius 2 is 1.92 bits per heavy atom. The highest BCUT2D eigenvalue weighted by atomic mass is 35.5. The van der Waals surface area contributed by atoms with E-state index in [9.17, 15) is 4.79 Å². The highest BCUT2D eigenvalue weighted by Crippen LogP contribution is 2.16. The smallest absolute Gasteiger partial charge is 0.302 e. The number of hydrogen-bond acceptors (Lipinski definition) is 3. The molecule has 0 unspecified atom stereocenters. The minimum atomic E-state index is -0.386. The quantitative estimate of drug-likeness (QED) is 0.496. The molecule has 0 radical (unpaired) electrons. The molecule has 0 amide bonds. The maximum atomic E-state index is 10.8. The highest BCUT2D eigenvalue weighted by molar-refractivity contribution is 6.35. The third kappa shape index (κ3) is 1.07. The van der Waals surface area contributed by atoms with Crippen LogP contribution in [0.1, 0.15) is 0 Å². The average molecular weight is 205 g/mol. The Morgan fingerprint density at radius 3 is 2.67 bits per heavy atom. The van der Waals surface area contributed by atoms with Crippen molar-refractivity contribution in [1.82, 2.24) is 19.9 Å². The fraction of sp³-hybridized carbons (Fsp3) is 0. The zero-order valence-electron chi connectivity index (χ0n) is 5.56. The second kappa shape index (κ2) is 2.46. The number of imidazole rings is 1. The van der Waals surface area contributed by atoms with E-state index in [0.29, 0.717) is 11.2 Å². The van der Waals surface area contributed by atoms with Gasteiger partial charge in [0.15, 0.2) is 10.8 Å². The van der Waals surface area contributed by atoms with Crippen molar-refractivity contribution < 1.29 is 0 Å². The summed E-state index contributed by atoms with van der Waals surface area (Å²) in [4.78, 5) is 23.0. The molecule has 2 N–H and O–H groups in total. The first-order valence-electron chi connectivity index (χ1n) is 2.98. The second-order valence-corrected chi connectivity index (χ2v) is 2.78. The van der Waals surface area contributed by atoms with Gasteiger partial charge in [-0.3, -0.25) is 4.98 Å². The highest BCUT2D eigenvalue weighted by Gasteiger charge is 2.06. The molecule has 7 heteroatoms. The van der Waals surface area contributed by atoms with Gasteiger partial charge >= 0.3 is 5.69 Å². The van der Waals surface area contributed by atoms with Crippen molar-refractivity contribution in [2.45, 2.75) is 0 Å². The number of aromatic nitrogens is 4. The largest absolute Gasteiger partial charge is 0.325 e. The second-order valence-electron chi connectivity index (χ2n) is 2.09. The summed E-state index contributed by atoms with van der Waals surface area (Å²) in [5.41, 5.74) is 0.291. The van der Waals surface area contributed by atoms with Crippen molar-refractivity contribution in [2.75, 3.05) is 0 Å². The van der Waals surface area contributed by atoms with Gasteiger partial charge in [0.05, 0.1) is 0 Å². The fourth-order valence-electron chi connectivity index (χ4n) is 0.861. The molecule has 62 valence electrons. The van der Waals surface area contributed by atoms with E-state index in [0.717, 1.165) is 0 Å². The van der Waals surface area contributed by atoms with Crippen LogP contribution in [0.25, 0.3) is 11.2 Å². The zero-order valence-corrected chi connectivity index (χ0v) is 7.07. The molecule has 0 saturated heterocycles. The van der Waals surface area contributed by atoms with Crippen LogP contribution in [0, 0.1) is 0 Å². The lowest BCUT2D eigenvalue weighted by molar-refractivity contribution is 1.18. The SMILES string of the molecule is O=c1[nH]c2nc(Cl)nc(Cl)c2[nH]1. The van der Waals surface area contributed by atoms with Gasteiger partial charge in [-0.25, -0.2) is 9.78 Å². The lowest BCUT2D eigenvalue weighted by atomic mass is 10.6. The van der Waals surface area contributed by atoms with Crippen LogP contribution in [-0.2, 0) is 0 Å². The Morgan fingerprint density at radius 1 is 1.17 bits per heavy atom. The summed E-state index contributed by atoms with van der Waals surface area (Å²) in [6.45, 7) is 0. The standard InChI is InChI=1S/C5H2Cl2N4O/c6-2-1-3(10-4(7)9-2)11-5(12)8-1/h(H2,8,9,10,11,12). The Labute approximate surface area is 75.7 Å². The lowest BCUT2D eigenvalue weighted by Crippen LogP contribution is -1.99. The molecular formula is C5H2Cl2N4O. The first-order chi connectivity index (χ1) is 5.66. The monoisotopic (exact) mass is 204 g/mol. The molecule has 2 rings (SSSR count). The van der Waals surface area contributed by atoms with Gasteiger partial charge in [0, 0.05) is 0 Å². The Kier molecular flexibility index (Phi) is 1.55. The molecule has 2 aromatic rings. The molecule has 0 aromatic carbocycles. The van der Waals surface area contributed by atoms with Crippen molar-refractivity contribution in [3.8, 4) is 0 Å².